The summed E-state index contributed by atoms with van der Waals surface area (Å²) in [7, 11) is -4.62. The van der Waals surface area contributed by atoms with Crippen LogP contribution < -0.4 is 20.9 Å². The number of benzene rings is 2. The molecule has 0 spiro atoms. The highest BCUT2D eigenvalue weighted by atomic mass is 79.9. The summed E-state index contributed by atoms with van der Waals surface area (Å²) in [5.41, 5.74) is -3.06. The molecule has 0 radical (unpaired) electrons. The number of nitrogens with zero attached hydrogens (tertiary/aromatic N) is 1. The fourth-order valence-electron chi connectivity index (χ4n) is 5.50. The number of rotatable bonds is 12. The fraction of sp³-hybridized carbons (Fsp3) is 0.387. The number of hydrogen-bond donors (Lipinski definition) is 3. The van der Waals surface area contributed by atoms with E-state index in [1.807, 2.05) is 6.07 Å². The Morgan fingerprint density at radius 1 is 1.15 bits per heavy atom. The number of nitrogens with one attached hydrogen (secondary N) is 2. The summed E-state index contributed by atoms with van der Waals surface area (Å²) in [5.74, 6) is -0.964. The lowest BCUT2D eigenvalue weighted by Gasteiger charge is -2.32. The van der Waals surface area contributed by atoms with Crippen molar-refractivity contribution in [1.29, 1.82) is 0 Å². The lowest BCUT2D eigenvalue weighted by molar-refractivity contribution is -0.152. The Morgan fingerprint density at radius 3 is 2.48 bits per heavy atom. The third-order valence-corrected chi connectivity index (χ3v) is 9.89. The summed E-state index contributed by atoms with van der Waals surface area (Å²) in [6, 6.07) is 12.3. The predicted molar refractivity (Wildman–Crippen MR) is 170 cm³/mol. The van der Waals surface area contributed by atoms with Crippen LogP contribution in [0.2, 0.25) is 0 Å². The summed E-state index contributed by atoms with van der Waals surface area (Å²) in [4.78, 5) is 41.7. The van der Waals surface area contributed by atoms with Crippen LogP contribution in [0, 0.1) is 0 Å². The third kappa shape index (κ3) is 8.54. The lowest BCUT2D eigenvalue weighted by Crippen LogP contribution is -2.50. The highest BCUT2D eigenvalue weighted by Gasteiger charge is 2.50. The second-order valence-corrected chi connectivity index (χ2v) is 13.5. The van der Waals surface area contributed by atoms with Gasteiger partial charge in [-0.1, -0.05) is 59.1 Å². The highest BCUT2D eigenvalue weighted by molar-refractivity contribution is 9.11. The average Bonchev–Trinajstić information content (AvgIpc) is 3.67. The van der Waals surface area contributed by atoms with E-state index in [0.29, 0.717) is 12.8 Å². The summed E-state index contributed by atoms with van der Waals surface area (Å²) in [5, 5.41) is 13.5. The molecule has 2 aromatic carbocycles. The molecule has 1 aliphatic heterocycles. The molecule has 1 aliphatic carbocycles. The molecule has 3 N–H and O–H groups in total. The molecule has 2 unspecified atom stereocenters. The Labute approximate surface area is 280 Å². The first kappa shape index (κ1) is 35.8. The highest BCUT2D eigenvalue weighted by Crippen LogP contribution is 2.50. The van der Waals surface area contributed by atoms with E-state index >= 15 is 0 Å². The van der Waals surface area contributed by atoms with Crippen LogP contribution in [0.5, 0.6) is 5.75 Å². The number of ether oxygens (including phenoxy) is 2. The number of hydrogen-bond acceptors (Lipinski definition) is 9. The molecule has 2 fully saturated rings. The molecule has 1 saturated carbocycles. The second kappa shape index (κ2) is 14.9. The van der Waals surface area contributed by atoms with Crippen LogP contribution in [-0.4, -0.2) is 45.0 Å². The molecule has 5 rings (SSSR count). The molecule has 1 saturated heterocycles. The van der Waals surface area contributed by atoms with E-state index in [9.17, 15) is 37.2 Å². The number of H-pyrrole nitrogens is 1. The Balaban J connectivity index is 1.37. The number of halogens is 4. The van der Waals surface area contributed by atoms with Gasteiger partial charge in [-0.25, -0.2) is 9.36 Å². The smallest absolute Gasteiger partial charge is 0.459 e. The molecular weight excluding hydrogens is 726 g/mol. The number of aliphatic hydroxyl groups excluding tert-OH is 1. The number of alkyl halides is 3. The maximum absolute atomic E-state index is 14.4. The van der Waals surface area contributed by atoms with Crippen molar-refractivity contribution in [1.82, 2.24) is 14.6 Å². The molecular formula is C31H32BrF3N3O9P. The van der Waals surface area contributed by atoms with Gasteiger partial charge in [-0.2, -0.15) is 18.3 Å². The monoisotopic (exact) mass is 757 g/mol. The van der Waals surface area contributed by atoms with Crippen molar-refractivity contribution < 1.29 is 46.2 Å². The van der Waals surface area contributed by atoms with E-state index in [-0.39, 0.29) is 37.2 Å². The van der Waals surface area contributed by atoms with Crippen molar-refractivity contribution in [3.8, 4) is 5.75 Å². The topological polar surface area (TPSA) is 158 Å². The zero-order valence-electron chi connectivity index (χ0n) is 25.2. The first-order valence-corrected chi connectivity index (χ1v) is 17.3. The van der Waals surface area contributed by atoms with Crippen molar-refractivity contribution in [3.63, 3.8) is 0 Å². The first-order chi connectivity index (χ1) is 22.8. The SMILES string of the molecule is O=C(OCc1ccccc1)C1(NP(=O)(OC[C@H]2O[C@@H](n3cc(/C=C/Br)c(=O)[nH]c3=O)CC2O)Oc2ccc(C(F)(F)F)cc2)CCCC1. The van der Waals surface area contributed by atoms with Crippen molar-refractivity contribution in [3.05, 3.63) is 103 Å². The Kier molecular flexibility index (Phi) is 11.1. The van der Waals surface area contributed by atoms with Crippen molar-refractivity contribution in [2.24, 2.45) is 0 Å². The molecule has 0 amide bonds. The summed E-state index contributed by atoms with van der Waals surface area (Å²) in [6.45, 7) is -0.640. The quantitative estimate of drug-likeness (QED) is 0.161. The average molecular weight is 758 g/mol. The number of aliphatic hydroxyl groups is 1. The van der Waals surface area contributed by atoms with Gasteiger partial charge in [-0.05, 0) is 53.7 Å². The molecule has 48 heavy (non-hydrogen) atoms. The normalized spacial score (nSPS) is 22.1. The Morgan fingerprint density at radius 2 is 1.83 bits per heavy atom. The molecule has 0 bridgehead atoms. The van der Waals surface area contributed by atoms with Gasteiger partial charge in [0.15, 0.2) is 0 Å². The minimum absolute atomic E-state index is 0.0607. The van der Waals surface area contributed by atoms with Gasteiger partial charge in [-0.3, -0.25) is 23.7 Å². The molecule has 17 heteroatoms. The van der Waals surface area contributed by atoms with Gasteiger partial charge in [0, 0.05) is 12.6 Å². The lowest BCUT2D eigenvalue weighted by atomic mass is 10.00. The molecule has 3 aromatic rings. The molecule has 2 heterocycles. The Hall–Kier alpha value is -3.53. The first-order valence-electron chi connectivity index (χ1n) is 14.9. The van der Waals surface area contributed by atoms with E-state index in [2.05, 4.69) is 26.0 Å². The van der Waals surface area contributed by atoms with Gasteiger partial charge in [0.1, 0.15) is 30.2 Å². The molecule has 258 valence electrons. The van der Waals surface area contributed by atoms with E-state index in [4.69, 9.17) is 18.5 Å². The molecule has 2 aliphatic rings. The predicted octanol–water partition coefficient (Wildman–Crippen LogP) is 5.42. The second-order valence-electron chi connectivity index (χ2n) is 11.3. The van der Waals surface area contributed by atoms with Crippen LogP contribution in [-0.2, 0) is 36.1 Å². The Bertz CT molecular complexity index is 1780. The minimum Gasteiger partial charge on any atom is -0.459 e. The summed E-state index contributed by atoms with van der Waals surface area (Å²) < 4.78 is 77.9. The van der Waals surface area contributed by atoms with Gasteiger partial charge in [0.2, 0.25) is 0 Å². The number of aromatic amines is 1. The standard InChI is InChI=1S/C31H32BrF3N3O9P/c32-15-12-21-17-38(29(42)36-27(21)40)26-16-24(39)25(46-26)19-45-48(43,47-23-10-8-22(9-11-23)31(33,34)35)37-30(13-4-5-14-30)28(41)44-18-20-6-2-1-3-7-20/h1-3,6-12,15,17,24-26,39H,4-5,13-14,16,18-19H2,(H,37,43)(H,36,40,42)/b15-12+/t24?,25-,26-,48?/m1/s1. The zero-order chi connectivity index (χ0) is 34.5. The molecule has 12 nitrogen and oxygen atoms in total. The van der Waals surface area contributed by atoms with Gasteiger partial charge >= 0.3 is 25.6 Å². The largest absolute Gasteiger partial charge is 0.459 e. The zero-order valence-corrected chi connectivity index (χ0v) is 27.7. The van der Waals surface area contributed by atoms with Crippen molar-refractivity contribution in [2.45, 2.75) is 68.9 Å². The van der Waals surface area contributed by atoms with Crippen LogP contribution in [0.15, 0.2) is 75.4 Å². The van der Waals surface area contributed by atoms with Crippen LogP contribution in [0.3, 0.4) is 0 Å². The van der Waals surface area contributed by atoms with Gasteiger partial charge in [0.05, 0.1) is 23.8 Å². The third-order valence-electron chi connectivity index (χ3n) is 7.98. The summed E-state index contributed by atoms with van der Waals surface area (Å²) >= 11 is 3.07. The number of esters is 1. The maximum atomic E-state index is 14.4. The number of aromatic nitrogens is 2. The summed E-state index contributed by atoms with van der Waals surface area (Å²) in [6.07, 6.45) is -3.97. The van der Waals surface area contributed by atoms with Crippen molar-refractivity contribution in [2.75, 3.05) is 6.61 Å². The molecule has 1 aromatic heterocycles. The van der Waals surface area contributed by atoms with Gasteiger partial charge < -0.3 is 19.1 Å². The van der Waals surface area contributed by atoms with E-state index in [1.165, 1.54) is 17.3 Å². The number of carbonyl (C=O) groups is 1. The number of carbonyl (C=O) groups excluding carboxylic acids is 1. The van der Waals surface area contributed by atoms with Gasteiger partial charge in [-0.15, -0.1) is 0 Å². The van der Waals surface area contributed by atoms with E-state index in [0.717, 1.165) is 34.4 Å². The van der Waals surface area contributed by atoms with Gasteiger partial charge in [0.25, 0.3) is 5.56 Å². The van der Waals surface area contributed by atoms with Crippen LogP contribution in [0.25, 0.3) is 6.08 Å². The van der Waals surface area contributed by atoms with Crippen LogP contribution in [0.1, 0.15) is 55.0 Å². The van der Waals surface area contributed by atoms with Crippen LogP contribution in [0.4, 0.5) is 13.2 Å². The minimum atomic E-state index is -4.63. The van der Waals surface area contributed by atoms with Crippen molar-refractivity contribution >= 4 is 35.7 Å². The van der Waals surface area contributed by atoms with E-state index in [1.54, 1.807) is 24.3 Å². The maximum Gasteiger partial charge on any atom is 0.459 e. The van der Waals surface area contributed by atoms with E-state index < -0.39 is 67.3 Å². The molecule has 4 atom stereocenters. The fourth-order valence-corrected chi connectivity index (χ4v) is 7.53. The van der Waals surface area contributed by atoms with Crippen LogP contribution >= 0.6 is 23.7 Å².